The van der Waals surface area contributed by atoms with E-state index in [1.165, 1.54) is 0 Å². The molecule has 0 aromatic heterocycles. The van der Waals surface area contributed by atoms with Crippen LogP contribution in [0.3, 0.4) is 0 Å². The number of nitrogens with zero attached hydrogens (tertiary/aromatic N) is 1. The van der Waals surface area contributed by atoms with E-state index < -0.39 is 11.6 Å². The Morgan fingerprint density at radius 2 is 1.50 bits per heavy atom. The second-order valence-corrected chi connectivity index (χ2v) is 8.12. The third kappa shape index (κ3) is 3.12. The van der Waals surface area contributed by atoms with Crippen molar-refractivity contribution >= 4 is 11.8 Å². The summed E-state index contributed by atoms with van der Waals surface area (Å²) in [6.45, 7) is 8.15. The highest BCUT2D eigenvalue weighted by Gasteiger charge is 2.52. The van der Waals surface area contributed by atoms with Crippen molar-refractivity contribution < 1.29 is 9.59 Å². The molecular weight excluding hydrogens is 324 g/mol. The van der Waals surface area contributed by atoms with Crippen LogP contribution in [0, 0.1) is 5.41 Å². The van der Waals surface area contributed by atoms with Crippen LogP contribution in [0.15, 0.2) is 60.7 Å². The van der Waals surface area contributed by atoms with Gasteiger partial charge in [-0.05, 0) is 23.5 Å². The van der Waals surface area contributed by atoms with Crippen LogP contribution in [0.2, 0.25) is 0 Å². The molecule has 1 saturated heterocycles. The fourth-order valence-corrected chi connectivity index (χ4v) is 3.47. The number of carbonyl (C=O) groups is 2. The van der Waals surface area contributed by atoms with Crippen molar-refractivity contribution in [2.24, 2.45) is 5.41 Å². The fourth-order valence-electron chi connectivity index (χ4n) is 3.47. The predicted octanol–water partition coefficient (Wildman–Crippen LogP) is 3.48. The van der Waals surface area contributed by atoms with Gasteiger partial charge < -0.3 is 10.2 Å². The average molecular weight is 350 g/mol. The largest absolute Gasteiger partial charge is 0.341 e. The van der Waals surface area contributed by atoms with Crippen molar-refractivity contribution in [3.63, 3.8) is 0 Å². The van der Waals surface area contributed by atoms with E-state index in [4.69, 9.17) is 0 Å². The molecule has 2 atom stereocenters. The van der Waals surface area contributed by atoms with Crippen LogP contribution >= 0.6 is 0 Å². The van der Waals surface area contributed by atoms with Crippen molar-refractivity contribution in [3.05, 3.63) is 71.8 Å². The van der Waals surface area contributed by atoms with Crippen LogP contribution in [-0.4, -0.2) is 22.8 Å². The summed E-state index contributed by atoms with van der Waals surface area (Å²) in [6.07, 6.45) is 0. The van der Waals surface area contributed by atoms with Gasteiger partial charge in [-0.15, -0.1) is 0 Å². The molecule has 4 heteroatoms. The van der Waals surface area contributed by atoms with E-state index in [1.54, 1.807) is 4.90 Å². The molecule has 0 bridgehead atoms. The Morgan fingerprint density at radius 3 is 2.04 bits per heavy atom. The maximum atomic E-state index is 13.4. The molecule has 0 saturated carbocycles. The minimum absolute atomic E-state index is 0.0488. The van der Waals surface area contributed by atoms with Gasteiger partial charge in [0.05, 0.1) is 0 Å². The van der Waals surface area contributed by atoms with Gasteiger partial charge in [-0.2, -0.15) is 0 Å². The molecule has 0 radical (unpaired) electrons. The zero-order chi connectivity index (χ0) is 18.9. The van der Waals surface area contributed by atoms with Gasteiger partial charge in [-0.1, -0.05) is 81.4 Å². The highest BCUT2D eigenvalue weighted by atomic mass is 16.2. The monoisotopic (exact) mass is 350 g/mol. The topological polar surface area (TPSA) is 49.4 Å². The van der Waals surface area contributed by atoms with Gasteiger partial charge in [0, 0.05) is 6.54 Å². The highest BCUT2D eigenvalue weighted by Crippen LogP contribution is 2.37. The van der Waals surface area contributed by atoms with Gasteiger partial charge >= 0.3 is 0 Å². The van der Waals surface area contributed by atoms with Crippen molar-refractivity contribution in [3.8, 4) is 0 Å². The lowest BCUT2D eigenvalue weighted by Gasteiger charge is -2.49. The molecule has 2 aromatic rings. The summed E-state index contributed by atoms with van der Waals surface area (Å²) < 4.78 is 0. The minimum Gasteiger partial charge on any atom is -0.341 e. The molecular formula is C22H26N2O2. The smallest absolute Gasteiger partial charge is 0.251 e. The lowest BCUT2D eigenvalue weighted by molar-refractivity contribution is -0.161. The van der Waals surface area contributed by atoms with Gasteiger partial charge in [0.1, 0.15) is 11.6 Å². The third-order valence-electron chi connectivity index (χ3n) is 5.16. The first-order valence-electron chi connectivity index (χ1n) is 8.96. The van der Waals surface area contributed by atoms with Gasteiger partial charge in [0.15, 0.2) is 0 Å². The summed E-state index contributed by atoms with van der Waals surface area (Å²) in [6, 6.07) is 18.8. The second-order valence-electron chi connectivity index (χ2n) is 8.12. The maximum Gasteiger partial charge on any atom is 0.251 e. The molecule has 0 spiro atoms. The van der Waals surface area contributed by atoms with Crippen molar-refractivity contribution in [1.82, 2.24) is 10.2 Å². The first-order valence-corrected chi connectivity index (χ1v) is 8.96. The number of rotatable bonds is 3. The van der Waals surface area contributed by atoms with Gasteiger partial charge in [0.2, 0.25) is 5.91 Å². The summed E-state index contributed by atoms with van der Waals surface area (Å²) in [5, 5.41) is 2.98. The summed E-state index contributed by atoms with van der Waals surface area (Å²) in [7, 11) is 0. The number of nitrogens with one attached hydrogen (secondary N) is 1. The van der Waals surface area contributed by atoms with Crippen LogP contribution in [0.25, 0.3) is 0 Å². The summed E-state index contributed by atoms with van der Waals surface area (Å²) >= 11 is 0. The first-order chi connectivity index (χ1) is 12.2. The number of amides is 2. The number of hydrogen-bond acceptors (Lipinski definition) is 2. The summed E-state index contributed by atoms with van der Waals surface area (Å²) in [4.78, 5) is 28.4. The van der Waals surface area contributed by atoms with Gasteiger partial charge in [-0.25, -0.2) is 0 Å². The molecule has 1 fully saturated rings. The molecule has 2 aromatic carbocycles. The van der Waals surface area contributed by atoms with Crippen LogP contribution in [0.1, 0.15) is 38.8 Å². The lowest BCUT2D eigenvalue weighted by Crippen LogP contribution is -2.69. The molecule has 1 aliphatic rings. The molecule has 2 amide bonds. The Hall–Kier alpha value is -2.62. The third-order valence-corrected chi connectivity index (χ3v) is 5.16. The molecule has 3 rings (SSSR count). The van der Waals surface area contributed by atoms with Crippen LogP contribution in [0.5, 0.6) is 0 Å². The highest BCUT2D eigenvalue weighted by molar-refractivity contribution is 6.00. The molecule has 2 unspecified atom stereocenters. The van der Waals surface area contributed by atoms with E-state index >= 15 is 0 Å². The van der Waals surface area contributed by atoms with Crippen LogP contribution in [-0.2, 0) is 21.7 Å². The fraction of sp³-hybridized carbons (Fsp3) is 0.364. The van der Waals surface area contributed by atoms with E-state index in [0.29, 0.717) is 6.54 Å². The van der Waals surface area contributed by atoms with Crippen LogP contribution < -0.4 is 5.32 Å². The van der Waals surface area contributed by atoms with Gasteiger partial charge in [0.25, 0.3) is 5.91 Å². The predicted molar refractivity (Wildman–Crippen MR) is 102 cm³/mol. The molecule has 26 heavy (non-hydrogen) atoms. The number of benzene rings is 2. The zero-order valence-electron chi connectivity index (χ0n) is 15.8. The zero-order valence-corrected chi connectivity index (χ0v) is 15.8. The van der Waals surface area contributed by atoms with E-state index in [-0.39, 0.29) is 17.2 Å². The SMILES string of the molecule is CC(C)(C)C1NC(=O)C(C)(c2ccccc2)N(Cc2ccccc2)C1=O. The van der Waals surface area contributed by atoms with Crippen molar-refractivity contribution in [2.45, 2.75) is 45.8 Å². The van der Waals surface area contributed by atoms with Crippen molar-refractivity contribution in [2.75, 3.05) is 0 Å². The quantitative estimate of drug-likeness (QED) is 0.921. The van der Waals surface area contributed by atoms with Gasteiger partial charge in [-0.3, -0.25) is 9.59 Å². The Morgan fingerprint density at radius 1 is 0.962 bits per heavy atom. The Balaban J connectivity index is 2.09. The molecule has 1 aliphatic heterocycles. The Kier molecular flexibility index (Phi) is 4.61. The summed E-state index contributed by atoms with van der Waals surface area (Å²) in [5.74, 6) is -0.188. The summed E-state index contributed by atoms with van der Waals surface area (Å²) in [5.41, 5.74) is 0.412. The molecule has 1 heterocycles. The minimum atomic E-state index is -1.05. The number of piperazine rings is 1. The number of carbonyl (C=O) groups excluding carboxylic acids is 2. The average Bonchev–Trinajstić information content (AvgIpc) is 2.62. The normalized spacial score (nSPS) is 23.7. The van der Waals surface area contributed by atoms with E-state index in [0.717, 1.165) is 11.1 Å². The number of hydrogen-bond donors (Lipinski definition) is 1. The maximum absolute atomic E-state index is 13.4. The van der Waals surface area contributed by atoms with E-state index in [2.05, 4.69) is 5.32 Å². The van der Waals surface area contributed by atoms with E-state index in [9.17, 15) is 9.59 Å². The second kappa shape index (κ2) is 6.60. The molecule has 136 valence electrons. The molecule has 1 N–H and O–H groups in total. The van der Waals surface area contributed by atoms with Crippen LogP contribution in [0.4, 0.5) is 0 Å². The van der Waals surface area contributed by atoms with Crippen molar-refractivity contribution in [1.29, 1.82) is 0 Å². The molecule has 4 nitrogen and oxygen atoms in total. The lowest BCUT2D eigenvalue weighted by atomic mass is 9.79. The standard InChI is InChI=1S/C22H26N2O2/c1-21(2,3)18-19(25)24(15-16-11-7-5-8-12-16)22(4,20(26)23-18)17-13-9-6-10-14-17/h5-14,18H,15H2,1-4H3,(H,23,26). The Labute approximate surface area is 155 Å². The Bertz CT molecular complexity index is 796. The molecule has 0 aliphatic carbocycles. The van der Waals surface area contributed by atoms with E-state index in [1.807, 2.05) is 88.4 Å². The first kappa shape index (κ1) is 18.2.